The van der Waals surface area contributed by atoms with Crippen molar-refractivity contribution in [2.45, 2.75) is 12.5 Å². The van der Waals surface area contributed by atoms with Crippen LogP contribution in [0.1, 0.15) is 18.0 Å². The van der Waals surface area contributed by atoms with Crippen molar-refractivity contribution < 1.29 is 4.92 Å². The SMILES string of the molecule is CNCC1CCN(C)C1c1ccc(Br)cc1[N+](=O)[O-]. The highest BCUT2D eigenvalue weighted by Gasteiger charge is 2.36. The molecule has 2 rings (SSSR count). The Hall–Kier alpha value is -0.980. The number of nitrogens with one attached hydrogen (secondary N) is 1. The van der Waals surface area contributed by atoms with E-state index < -0.39 is 0 Å². The Morgan fingerprint density at radius 2 is 2.32 bits per heavy atom. The van der Waals surface area contributed by atoms with Gasteiger partial charge in [-0.1, -0.05) is 15.9 Å². The predicted octanol–water partition coefficient (Wildman–Crippen LogP) is 2.57. The monoisotopic (exact) mass is 327 g/mol. The average Bonchev–Trinajstić information content (AvgIpc) is 2.71. The first-order valence-electron chi connectivity index (χ1n) is 6.33. The van der Waals surface area contributed by atoms with Crippen LogP contribution in [0.2, 0.25) is 0 Å². The van der Waals surface area contributed by atoms with Crippen molar-refractivity contribution in [2.75, 3.05) is 27.2 Å². The molecule has 6 heteroatoms. The highest BCUT2D eigenvalue weighted by molar-refractivity contribution is 9.10. The fourth-order valence-electron chi connectivity index (χ4n) is 2.92. The molecule has 1 fully saturated rings. The number of nitrogens with zero attached hydrogens (tertiary/aromatic N) is 2. The Labute approximate surface area is 121 Å². The first kappa shape index (κ1) is 14.4. The van der Waals surface area contributed by atoms with Gasteiger partial charge in [-0.3, -0.25) is 15.0 Å². The first-order valence-corrected chi connectivity index (χ1v) is 7.12. The Bertz CT molecular complexity index is 479. The van der Waals surface area contributed by atoms with Gasteiger partial charge in [0.15, 0.2) is 0 Å². The maximum Gasteiger partial charge on any atom is 0.275 e. The minimum Gasteiger partial charge on any atom is -0.319 e. The molecule has 104 valence electrons. The molecule has 2 atom stereocenters. The molecule has 0 amide bonds. The maximum absolute atomic E-state index is 11.3. The Balaban J connectivity index is 2.41. The average molecular weight is 328 g/mol. The second kappa shape index (κ2) is 5.98. The first-order chi connectivity index (χ1) is 9.04. The summed E-state index contributed by atoms with van der Waals surface area (Å²) in [6.07, 6.45) is 1.06. The molecule has 0 aromatic heterocycles. The Morgan fingerprint density at radius 3 is 2.95 bits per heavy atom. The van der Waals surface area contributed by atoms with E-state index in [0.717, 1.165) is 29.5 Å². The lowest BCUT2D eigenvalue weighted by Gasteiger charge is -2.25. The molecule has 19 heavy (non-hydrogen) atoms. The molecule has 0 aliphatic carbocycles. The number of halogens is 1. The van der Waals surface area contributed by atoms with E-state index in [4.69, 9.17) is 0 Å². The summed E-state index contributed by atoms with van der Waals surface area (Å²) in [5.41, 5.74) is 1.02. The maximum atomic E-state index is 11.3. The van der Waals surface area contributed by atoms with Crippen LogP contribution < -0.4 is 5.32 Å². The minimum atomic E-state index is -0.289. The van der Waals surface area contributed by atoms with Crippen LogP contribution in [0.15, 0.2) is 22.7 Å². The smallest absolute Gasteiger partial charge is 0.275 e. The van der Waals surface area contributed by atoms with Gasteiger partial charge < -0.3 is 5.32 Å². The van der Waals surface area contributed by atoms with Crippen LogP contribution in [0, 0.1) is 16.0 Å². The Kier molecular flexibility index (Phi) is 4.54. The lowest BCUT2D eigenvalue weighted by Crippen LogP contribution is -2.27. The van der Waals surface area contributed by atoms with Gasteiger partial charge in [0.2, 0.25) is 0 Å². The molecule has 0 saturated carbocycles. The van der Waals surface area contributed by atoms with Crippen molar-refractivity contribution >= 4 is 21.6 Å². The number of likely N-dealkylation sites (tertiary alicyclic amines) is 1. The van der Waals surface area contributed by atoms with E-state index in [9.17, 15) is 10.1 Å². The van der Waals surface area contributed by atoms with E-state index in [1.807, 2.05) is 26.2 Å². The van der Waals surface area contributed by atoms with Gasteiger partial charge in [-0.25, -0.2) is 0 Å². The van der Waals surface area contributed by atoms with Crippen LogP contribution in [0.5, 0.6) is 0 Å². The van der Waals surface area contributed by atoms with Crippen LogP contribution in [-0.4, -0.2) is 37.0 Å². The summed E-state index contributed by atoms with van der Waals surface area (Å²) in [7, 11) is 3.96. The zero-order chi connectivity index (χ0) is 14.0. The molecule has 1 saturated heterocycles. The third kappa shape index (κ3) is 2.96. The number of nitro benzene ring substituents is 1. The summed E-state index contributed by atoms with van der Waals surface area (Å²) in [5.74, 6) is 0.412. The summed E-state index contributed by atoms with van der Waals surface area (Å²) in [5, 5.41) is 14.4. The molecule has 0 radical (unpaired) electrons. The van der Waals surface area contributed by atoms with Crippen molar-refractivity contribution in [2.24, 2.45) is 5.92 Å². The predicted molar refractivity (Wildman–Crippen MR) is 78.2 cm³/mol. The number of nitro groups is 1. The van der Waals surface area contributed by atoms with E-state index in [0.29, 0.717) is 5.92 Å². The van der Waals surface area contributed by atoms with E-state index >= 15 is 0 Å². The fraction of sp³-hybridized carbons (Fsp3) is 0.538. The summed E-state index contributed by atoms with van der Waals surface area (Å²) in [6, 6.07) is 5.46. The summed E-state index contributed by atoms with van der Waals surface area (Å²) >= 11 is 3.30. The zero-order valence-corrected chi connectivity index (χ0v) is 12.7. The standard InChI is InChI=1S/C13H18BrN3O2/c1-15-8-9-5-6-16(2)13(9)11-4-3-10(14)7-12(11)17(18)19/h3-4,7,9,13,15H,5-6,8H2,1-2H3. The second-order valence-electron chi connectivity index (χ2n) is 4.99. The molecule has 5 nitrogen and oxygen atoms in total. The van der Waals surface area contributed by atoms with E-state index in [-0.39, 0.29) is 16.7 Å². The highest BCUT2D eigenvalue weighted by atomic mass is 79.9. The van der Waals surface area contributed by atoms with E-state index in [1.54, 1.807) is 6.07 Å². The van der Waals surface area contributed by atoms with Crippen LogP contribution in [0.3, 0.4) is 0 Å². The number of hydrogen-bond acceptors (Lipinski definition) is 4. The summed E-state index contributed by atoms with van der Waals surface area (Å²) < 4.78 is 0.744. The molecule has 1 aromatic rings. The van der Waals surface area contributed by atoms with E-state index in [1.165, 1.54) is 0 Å². The molecule has 0 bridgehead atoms. The third-order valence-corrected chi connectivity index (χ3v) is 4.24. The molecular weight excluding hydrogens is 310 g/mol. The third-order valence-electron chi connectivity index (χ3n) is 3.75. The van der Waals surface area contributed by atoms with Crippen LogP contribution >= 0.6 is 15.9 Å². The van der Waals surface area contributed by atoms with Gasteiger partial charge in [0.05, 0.1) is 4.92 Å². The lowest BCUT2D eigenvalue weighted by molar-refractivity contribution is -0.386. The van der Waals surface area contributed by atoms with E-state index in [2.05, 4.69) is 26.1 Å². The molecule has 1 heterocycles. The van der Waals surface area contributed by atoms with Gasteiger partial charge in [-0.2, -0.15) is 0 Å². The molecule has 1 aliphatic rings. The molecule has 1 aromatic carbocycles. The minimum absolute atomic E-state index is 0.112. The van der Waals surface area contributed by atoms with Crippen LogP contribution in [0.25, 0.3) is 0 Å². The van der Waals surface area contributed by atoms with Gasteiger partial charge >= 0.3 is 0 Å². The quantitative estimate of drug-likeness (QED) is 0.682. The van der Waals surface area contributed by atoms with Gasteiger partial charge in [0.1, 0.15) is 0 Å². The van der Waals surface area contributed by atoms with Crippen molar-refractivity contribution in [3.63, 3.8) is 0 Å². The molecule has 1 N–H and O–H groups in total. The fourth-order valence-corrected chi connectivity index (χ4v) is 3.27. The normalized spacial score (nSPS) is 23.7. The van der Waals surface area contributed by atoms with Crippen molar-refractivity contribution in [3.8, 4) is 0 Å². The van der Waals surface area contributed by atoms with Crippen LogP contribution in [0.4, 0.5) is 5.69 Å². The van der Waals surface area contributed by atoms with Gasteiger partial charge in [-0.15, -0.1) is 0 Å². The molecular formula is C13H18BrN3O2. The topological polar surface area (TPSA) is 58.4 Å². The molecule has 0 spiro atoms. The lowest BCUT2D eigenvalue weighted by atomic mass is 9.92. The highest BCUT2D eigenvalue weighted by Crippen LogP contribution is 2.40. The Morgan fingerprint density at radius 1 is 1.58 bits per heavy atom. The van der Waals surface area contributed by atoms with Crippen molar-refractivity contribution in [3.05, 3.63) is 38.3 Å². The summed E-state index contributed by atoms with van der Waals surface area (Å²) in [6.45, 7) is 1.85. The zero-order valence-electron chi connectivity index (χ0n) is 11.1. The van der Waals surface area contributed by atoms with Crippen LogP contribution in [-0.2, 0) is 0 Å². The van der Waals surface area contributed by atoms with Gasteiger partial charge in [-0.05, 0) is 51.7 Å². The molecule has 1 aliphatic heterocycles. The molecule has 2 unspecified atom stereocenters. The van der Waals surface area contributed by atoms with Crippen molar-refractivity contribution in [1.82, 2.24) is 10.2 Å². The number of benzene rings is 1. The second-order valence-corrected chi connectivity index (χ2v) is 5.91. The van der Waals surface area contributed by atoms with Gasteiger partial charge in [0, 0.05) is 22.1 Å². The van der Waals surface area contributed by atoms with Gasteiger partial charge in [0.25, 0.3) is 5.69 Å². The number of rotatable bonds is 4. The summed E-state index contributed by atoms with van der Waals surface area (Å²) in [4.78, 5) is 13.2. The van der Waals surface area contributed by atoms with Crippen molar-refractivity contribution in [1.29, 1.82) is 0 Å². The number of hydrogen-bond donors (Lipinski definition) is 1. The largest absolute Gasteiger partial charge is 0.319 e.